The molecular weight excluding hydrogens is 397 g/mol. The number of morpholine rings is 1. The largest absolute Gasteiger partial charge is 0.457 e. The zero-order chi connectivity index (χ0) is 21.0. The minimum atomic E-state index is -4.06. The highest BCUT2D eigenvalue weighted by molar-refractivity contribution is 7.89. The van der Waals surface area contributed by atoms with Crippen molar-refractivity contribution < 1.29 is 27.1 Å². The topological polar surface area (TPSA) is 72.9 Å². The Kier molecular flexibility index (Phi) is 6.66. The van der Waals surface area contributed by atoms with Gasteiger partial charge in [0.1, 0.15) is 17.3 Å². The highest BCUT2D eigenvalue weighted by atomic mass is 32.2. The van der Waals surface area contributed by atoms with Gasteiger partial charge >= 0.3 is 5.97 Å². The fraction of sp³-hybridized carbons (Fsp3) is 0.381. The van der Waals surface area contributed by atoms with Crippen LogP contribution in [0.25, 0.3) is 0 Å². The van der Waals surface area contributed by atoms with Crippen molar-refractivity contribution in [3.63, 3.8) is 0 Å². The Hall–Kier alpha value is -2.29. The molecule has 1 aliphatic rings. The molecule has 0 aromatic heterocycles. The van der Waals surface area contributed by atoms with Gasteiger partial charge in [0.25, 0.3) is 0 Å². The second kappa shape index (κ2) is 9.02. The van der Waals surface area contributed by atoms with Gasteiger partial charge in [0.15, 0.2) is 0 Å². The van der Waals surface area contributed by atoms with Crippen molar-refractivity contribution in [3.8, 4) is 0 Å². The number of carbonyl (C=O) groups excluding carboxylic acids is 1. The van der Waals surface area contributed by atoms with Crippen LogP contribution in [-0.4, -0.2) is 45.0 Å². The summed E-state index contributed by atoms with van der Waals surface area (Å²) >= 11 is 0. The van der Waals surface area contributed by atoms with Crippen LogP contribution < -0.4 is 0 Å². The smallest absolute Gasteiger partial charge is 0.338 e. The fourth-order valence-electron chi connectivity index (χ4n) is 2.99. The molecule has 0 amide bonds. The number of nitrogens with zero attached hydrogens (tertiary/aromatic N) is 1. The molecule has 1 fully saturated rings. The first-order chi connectivity index (χ1) is 13.8. The Morgan fingerprint density at radius 1 is 1.14 bits per heavy atom. The third-order valence-corrected chi connectivity index (χ3v) is 6.68. The number of hydrogen-bond donors (Lipinski definition) is 0. The van der Waals surface area contributed by atoms with E-state index in [0.717, 1.165) is 22.0 Å². The van der Waals surface area contributed by atoms with E-state index in [0.29, 0.717) is 5.92 Å². The molecule has 0 radical (unpaired) electrons. The highest BCUT2D eigenvalue weighted by Gasteiger charge is 2.30. The molecule has 2 aromatic carbocycles. The van der Waals surface area contributed by atoms with Crippen LogP contribution in [0.2, 0.25) is 0 Å². The Labute approximate surface area is 170 Å². The number of halogens is 1. The maximum Gasteiger partial charge on any atom is 0.338 e. The molecule has 3 rings (SSSR count). The van der Waals surface area contributed by atoms with Crippen LogP contribution in [0.3, 0.4) is 0 Å². The molecule has 1 saturated heterocycles. The average Bonchev–Trinajstić information content (AvgIpc) is 2.73. The van der Waals surface area contributed by atoms with Crippen molar-refractivity contribution in [3.05, 3.63) is 65.0 Å². The lowest BCUT2D eigenvalue weighted by molar-refractivity contribution is 0.0472. The SMILES string of the molecule is CC(C)c1ccc(COC(=O)c2ccc(F)c(S(=O)(=O)N3CCOCC3)c2)cc1. The quantitative estimate of drug-likeness (QED) is 0.669. The van der Waals surface area contributed by atoms with Gasteiger partial charge in [-0.3, -0.25) is 0 Å². The molecule has 8 heteroatoms. The number of carbonyl (C=O) groups is 1. The summed E-state index contributed by atoms with van der Waals surface area (Å²) in [4.78, 5) is 11.9. The molecule has 1 aliphatic heterocycles. The third kappa shape index (κ3) is 5.01. The van der Waals surface area contributed by atoms with Gasteiger partial charge in [-0.1, -0.05) is 38.1 Å². The summed E-state index contributed by atoms with van der Waals surface area (Å²) in [5.41, 5.74) is 1.97. The van der Waals surface area contributed by atoms with Gasteiger partial charge in [0.05, 0.1) is 18.8 Å². The van der Waals surface area contributed by atoms with Gasteiger partial charge in [-0.15, -0.1) is 0 Å². The molecule has 156 valence electrons. The summed E-state index contributed by atoms with van der Waals surface area (Å²) in [5.74, 6) is -1.22. The maximum absolute atomic E-state index is 14.2. The van der Waals surface area contributed by atoms with Crippen LogP contribution in [0.15, 0.2) is 47.4 Å². The van der Waals surface area contributed by atoms with Crippen LogP contribution in [0.4, 0.5) is 4.39 Å². The van der Waals surface area contributed by atoms with E-state index < -0.39 is 26.7 Å². The van der Waals surface area contributed by atoms with E-state index in [2.05, 4.69) is 13.8 Å². The standard InChI is InChI=1S/C21H24FNO5S/c1-15(2)17-5-3-16(4-6-17)14-28-21(24)18-7-8-19(22)20(13-18)29(25,26)23-9-11-27-12-10-23/h3-8,13,15H,9-12,14H2,1-2H3. The van der Waals surface area contributed by atoms with Crippen LogP contribution in [0.1, 0.15) is 41.3 Å². The van der Waals surface area contributed by atoms with Crippen LogP contribution >= 0.6 is 0 Å². The zero-order valence-corrected chi connectivity index (χ0v) is 17.2. The number of benzene rings is 2. The van der Waals surface area contributed by atoms with Crippen LogP contribution in [-0.2, 0) is 26.1 Å². The Bertz CT molecular complexity index is 967. The minimum absolute atomic E-state index is 0.0166. The molecule has 0 saturated carbocycles. The monoisotopic (exact) mass is 421 g/mol. The summed E-state index contributed by atoms with van der Waals surface area (Å²) in [6, 6.07) is 10.9. The summed E-state index contributed by atoms with van der Waals surface area (Å²) in [5, 5.41) is 0. The first-order valence-corrected chi connectivity index (χ1v) is 10.9. The van der Waals surface area contributed by atoms with E-state index in [1.165, 1.54) is 11.6 Å². The predicted octanol–water partition coefficient (Wildman–Crippen LogP) is 3.33. The number of esters is 1. The van der Waals surface area contributed by atoms with E-state index in [1.807, 2.05) is 24.3 Å². The molecule has 29 heavy (non-hydrogen) atoms. The summed E-state index contributed by atoms with van der Waals surface area (Å²) < 4.78 is 51.3. The van der Waals surface area contributed by atoms with Crippen molar-refractivity contribution in [1.29, 1.82) is 0 Å². The number of rotatable bonds is 6. The van der Waals surface area contributed by atoms with Crippen LogP contribution in [0.5, 0.6) is 0 Å². The molecular formula is C21H24FNO5S. The highest BCUT2D eigenvalue weighted by Crippen LogP contribution is 2.22. The van der Waals surface area contributed by atoms with Crippen LogP contribution in [0, 0.1) is 5.82 Å². The Morgan fingerprint density at radius 2 is 1.79 bits per heavy atom. The number of hydrogen-bond acceptors (Lipinski definition) is 5. The Balaban J connectivity index is 1.73. The fourth-order valence-corrected chi connectivity index (χ4v) is 4.48. The van der Waals surface area contributed by atoms with Crippen molar-refractivity contribution >= 4 is 16.0 Å². The molecule has 0 spiro atoms. The maximum atomic E-state index is 14.2. The Morgan fingerprint density at radius 3 is 2.41 bits per heavy atom. The van der Waals surface area contributed by atoms with Crippen molar-refractivity contribution in [2.75, 3.05) is 26.3 Å². The van der Waals surface area contributed by atoms with E-state index in [4.69, 9.17) is 9.47 Å². The summed E-state index contributed by atoms with van der Waals surface area (Å²) in [6.45, 7) is 5.00. The molecule has 6 nitrogen and oxygen atoms in total. The minimum Gasteiger partial charge on any atom is -0.457 e. The van der Waals surface area contributed by atoms with Gasteiger partial charge in [-0.25, -0.2) is 17.6 Å². The third-order valence-electron chi connectivity index (χ3n) is 4.77. The van der Waals surface area contributed by atoms with E-state index in [-0.39, 0.29) is 38.5 Å². The van der Waals surface area contributed by atoms with E-state index in [1.54, 1.807) is 0 Å². The van der Waals surface area contributed by atoms with Gasteiger partial charge < -0.3 is 9.47 Å². The van der Waals surface area contributed by atoms with Gasteiger partial charge in [0.2, 0.25) is 10.0 Å². The van der Waals surface area contributed by atoms with Crippen molar-refractivity contribution in [2.45, 2.75) is 31.3 Å². The molecule has 0 atom stereocenters. The molecule has 0 N–H and O–H groups in total. The van der Waals surface area contributed by atoms with Crippen molar-refractivity contribution in [2.24, 2.45) is 0 Å². The van der Waals surface area contributed by atoms with E-state index >= 15 is 0 Å². The molecule has 0 aliphatic carbocycles. The first kappa shape index (κ1) is 21.4. The van der Waals surface area contributed by atoms with Gasteiger partial charge in [-0.05, 0) is 35.2 Å². The zero-order valence-electron chi connectivity index (χ0n) is 16.4. The molecule has 0 bridgehead atoms. The number of ether oxygens (including phenoxy) is 2. The molecule has 1 heterocycles. The predicted molar refractivity (Wildman–Crippen MR) is 106 cm³/mol. The second-order valence-corrected chi connectivity index (χ2v) is 9.04. The molecule has 0 unspecified atom stereocenters. The van der Waals surface area contributed by atoms with Crippen molar-refractivity contribution in [1.82, 2.24) is 4.31 Å². The lowest BCUT2D eigenvalue weighted by Gasteiger charge is -2.26. The average molecular weight is 421 g/mol. The summed E-state index contributed by atoms with van der Waals surface area (Å²) in [7, 11) is -4.06. The molecule has 2 aromatic rings. The number of sulfonamides is 1. The second-order valence-electron chi connectivity index (χ2n) is 7.13. The first-order valence-electron chi connectivity index (χ1n) is 9.42. The lowest BCUT2D eigenvalue weighted by Crippen LogP contribution is -2.41. The van der Waals surface area contributed by atoms with Gasteiger partial charge in [0, 0.05) is 13.1 Å². The lowest BCUT2D eigenvalue weighted by atomic mass is 10.0. The normalized spacial score (nSPS) is 15.4. The van der Waals surface area contributed by atoms with Gasteiger partial charge in [-0.2, -0.15) is 4.31 Å². The summed E-state index contributed by atoms with van der Waals surface area (Å²) in [6.07, 6.45) is 0. The van der Waals surface area contributed by atoms with E-state index in [9.17, 15) is 17.6 Å².